The van der Waals surface area contributed by atoms with Gasteiger partial charge in [-0.3, -0.25) is 4.98 Å². The van der Waals surface area contributed by atoms with Gasteiger partial charge in [-0.2, -0.15) is 0 Å². The number of aromatic nitrogens is 1. The van der Waals surface area contributed by atoms with Crippen molar-refractivity contribution >= 4 is 22.6 Å². The lowest BCUT2D eigenvalue weighted by Gasteiger charge is -2.21. The minimum atomic E-state index is 0.320. The standard InChI is InChI=1S/C17H21IN2/c1-4-19-16(11-15-12(2)8-6-10-20-15)14-9-5-7-13(3)17(14)18/h5-10,16,19H,4,11H2,1-3H3. The van der Waals surface area contributed by atoms with Gasteiger partial charge in [0.15, 0.2) is 0 Å². The molecule has 0 amide bonds. The topological polar surface area (TPSA) is 24.9 Å². The van der Waals surface area contributed by atoms with Crippen LogP contribution in [0.3, 0.4) is 0 Å². The Balaban J connectivity index is 2.32. The fourth-order valence-electron chi connectivity index (χ4n) is 2.40. The van der Waals surface area contributed by atoms with Crippen LogP contribution in [0.1, 0.15) is 35.3 Å². The SMILES string of the molecule is CCNC(Cc1ncccc1C)c1cccc(C)c1I. The fraction of sp³-hybridized carbons (Fsp3) is 0.353. The molecule has 0 fully saturated rings. The second kappa shape index (κ2) is 7.18. The van der Waals surface area contributed by atoms with Crippen molar-refractivity contribution in [3.8, 4) is 0 Å². The largest absolute Gasteiger partial charge is 0.310 e. The maximum Gasteiger partial charge on any atom is 0.0451 e. The molecule has 1 unspecified atom stereocenters. The molecule has 1 heterocycles. The Morgan fingerprint density at radius 1 is 1.15 bits per heavy atom. The molecule has 0 radical (unpaired) electrons. The first kappa shape index (κ1) is 15.4. The van der Waals surface area contributed by atoms with E-state index in [4.69, 9.17) is 0 Å². The molecular formula is C17H21IN2. The van der Waals surface area contributed by atoms with Crippen molar-refractivity contribution in [2.45, 2.75) is 33.2 Å². The van der Waals surface area contributed by atoms with Crippen molar-refractivity contribution in [1.82, 2.24) is 10.3 Å². The van der Waals surface area contributed by atoms with Crippen molar-refractivity contribution in [3.63, 3.8) is 0 Å². The Kier molecular flexibility index (Phi) is 5.54. The van der Waals surface area contributed by atoms with E-state index in [2.05, 4.69) is 77.9 Å². The molecule has 1 atom stereocenters. The molecule has 106 valence electrons. The monoisotopic (exact) mass is 380 g/mol. The summed E-state index contributed by atoms with van der Waals surface area (Å²) in [5.74, 6) is 0. The van der Waals surface area contributed by atoms with Gasteiger partial charge in [0.25, 0.3) is 0 Å². The van der Waals surface area contributed by atoms with E-state index in [-0.39, 0.29) is 0 Å². The van der Waals surface area contributed by atoms with Crippen LogP contribution >= 0.6 is 22.6 Å². The lowest BCUT2D eigenvalue weighted by Crippen LogP contribution is -2.24. The van der Waals surface area contributed by atoms with Crippen LogP contribution in [-0.2, 0) is 6.42 Å². The highest BCUT2D eigenvalue weighted by atomic mass is 127. The first-order valence-corrected chi connectivity index (χ1v) is 8.10. The number of hydrogen-bond donors (Lipinski definition) is 1. The van der Waals surface area contributed by atoms with E-state index < -0.39 is 0 Å². The molecule has 20 heavy (non-hydrogen) atoms. The zero-order valence-corrected chi connectivity index (χ0v) is 14.4. The number of hydrogen-bond acceptors (Lipinski definition) is 2. The summed E-state index contributed by atoms with van der Waals surface area (Å²) in [7, 11) is 0. The molecule has 0 spiro atoms. The Hall–Kier alpha value is -0.940. The van der Waals surface area contributed by atoms with Gasteiger partial charge in [0.05, 0.1) is 0 Å². The highest BCUT2D eigenvalue weighted by Crippen LogP contribution is 2.26. The van der Waals surface area contributed by atoms with Gasteiger partial charge < -0.3 is 5.32 Å². The van der Waals surface area contributed by atoms with Crippen LogP contribution in [0.4, 0.5) is 0 Å². The van der Waals surface area contributed by atoms with Crippen LogP contribution in [0.15, 0.2) is 36.5 Å². The second-order valence-corrected chi connectivity index (χ2v) is 6.14. The molecule has 0 saturated heterocycles. The van der Waals surface area contributed by atoms with Gasteiger partial charge >= 0.3 is 0 Å². The molecule has 2 nitrogen and oxygen atoms in total. The fourth-order valence-corrected chi connectivity index (χ4v) is 3.14. The number of rotatable bonds is 5. The number of benzene rings is 1. The van der Waals surface area contributed by atoms with Gasteiger partial charge in [-0.05, 0) is 65.7 Å². The van der Waals surface area contributed by atoms with Gasteiger partial charge in [0.1, 0.15) is 0 Å². The molecule has 1 N–H and O–H groups in total. The van der Waals surface area contributed by atoms with E-state index in [1.165, 1.54) is 26.0 Å². The number of aryl methyl sites for hydroxylation is 2. The maximum atomic E-state index is 4.54. The van der Waals surface area contributed by atoms with E-state index in [1.54, 1.807) is 0 Å². The molecule has 0 aliphatic carbocycles. The molecule has 0 aliphatic rings. The molecule has 2 rings (SSSR count). The highest BCUT2D eigenvalue weighted by Gasteiger charge is 2.16. The third-order valence-corrected chi connectivity index (χ3v) is 5.04. The summed E-state index contributed by atoms with van der Waals surface area (Å²) in [6, 6.07) is 11.0. The zero-order chi connectivity index (χ0) is 14.5. The highest BCUT2D eigenvalue weighted by molar-refractivity contribution is 14.1. The predicted molar refractivity (Wildman–Crippen MR) is 93.0 cm³/mol. The van der Waals surface area contributed by atoms with Crippen LogP contribution in [-0.4, -0.2) is 11.5 Å². The number of nitrogens with one attached hydrogen (secondary N) is 1. The third kappa shape index (κ3) is 3.58. The van der Waals surface area contributed by atoms with Crippen LogP contribution in [0, 0.1) is 17.4 Å². The summed E-state index contributed by atoms with van der Waals surface area (Å²) in [6.07, 6.45) is 2.81. The second-order valence-electron chi connectivity index (χ2n) is 5.06. The minimum absolute atomic E-state index is 0.320. The van der Waals surface area contributed by atoms with Crippen molar-refractivity contribution < 1.29 is 0 Å². The Labute approximate surface area is 135 Å². The number of pyridine rings is 1. The Morgan fingerprint density at radius 2 is 1.90 bits per heavy atom. The summed E-state index contributed by atoms with van der Waals surface area (Å²) in [6.45, 7) is 7.41. The zero-order valence-electron chi connectivity index (χ0n) is 12.3. The number of likely N-dealkylation sites (N-methyl/N-ethyl adjacent to an activating group) is 1. The van der Waals surface area contributed by atoms with Gasteiger partial charge in [-0.15, -0.1) is 0 Å². The average molecular weight is 380 g/mol. The maximum absolute atomic E-state index is 4.54. The Morgan fingerprint density at radius 3 is 2.60 bits per heavy atom. The summed E-state index contributed by atoms with van der Waals surface area (Å²) >= 11 is 2.45. The van der Waals surface area contributed by atoms with E-state index in [0.717, 1.165) is 13.0 Å². The molecule has 0 aliphatic heterocycles. The summed E-state index contributed by atoms with van der Waals surface area (Å²) in [4.78, 5) is 4.54. The molecule has 1 aromatic carbocycles. The van der Waals surface area contributed by atoms with Crippen LogP contribution < -0.4 is 5.32 Å². The molecular weight excluding hydrogens is 359 g/mol. The van der Waals surface area contributed by atoms with E-state index in [0.29, 0.717) is 6.04 Å². The normalized spacial score (nSPS) is 12.4. The van der Waals surface area contributed by atoms with Crippen molar-refractivity contribution in [2.75, 3.05) is 6.54 Å². The first-order valence-electron chi connectivity index (χ1n) is 7.02. The minimum Gasteiger partial charge on any atom is -0.310 e. The molecule has 3 heteroatoms. The van der Waals surface area contributed by atoms with Gasteiger partial charge in [-0.1, -0.05) is 31.2 Å². The third-order valence-electron chi connectivity index (χ3n) is 3.56. The first-order chi connectivity index (χ1) is 9.63. The lowest BCUT2D eigenvalue weighted by molar-refractivity contribution is 0.540. The lowest BCUT2D eigenvalue weighted by atomic mass is 9.98. The van der Waals surface area contributed by atoms with E-state index in [1.807, 2.05) is 12.3 Å². The molecule has 0 saturated carbocycles. The number of nitrogens with zero attached hydrogens (tertiary/aromatic N) is 1. The Bertz CT molecular complexity index is 581. The summed E-state index contributed by atoms with van der Waals surface area (Å²) in [5.41, 5.74) is 5.15. The van der Waals surface area contributed by atoms with Crippen LogP contribution in [0.25, 0.3) is 0 Å². The van der Waals surface area contributed by atoms with Crippen molar-refractivity contribution in [1.29, 1.82) is 0 Å². The van der Waals surface area contributed by atoms with Crippen molar-refractivity contribution in [3.05, 3.63) is 62.5 Å². The average Bonchev–Trinajstić information content (AvgIpc) is 2.44. The molecule has 2 aromatic rings. The van der Waals surface area contributed by atoms with E-state index in [9.17, 15) is 0 Å². The van der Waals surface area contributed by atoms with E-state index >= 15 is 0 Å². The van der Waals surface area contributed by atoms with Gasteiger partial charge in [-0.25, -0.2) is 0 Å². The van der Waals surface area contributed by atoms with Gasteiger partial charge in [0, 0.05) is 27.9 Å². The summed E-state index contributed by atoms with van der Waals surface area (Å²) in [5, 5.41) is 3.60. The predicted octanol–water partition coefficient (Wildman–Crippen LogP) is 4.20. The van der Waals surface area contributed by atoms with Crippen molar-refractivity contribution in [2.24, 2.45) is 0 Å². The quantitative estimate of drug-likeness (QED) is 0.787. The number of halogens is 1. The van der Waals surface area contributed by atoms with Crippen LogP contribution in [0.5, 0.6) is 0 Å². The van der Waals surface area contributed by atoms with Crippen LogP contribution in [0.2, 0.25) is 0 Å². The summed E-state index contributed by atoms with van der Waals surface area (Å²) < 4.78 is 1.35. The molecule has 1 aromatic heterocycles. The van der Waals surface area contributed by atoms with Gasteiger partial charge in [0.2, 0.25) is 0 Å². The smallest absolute Gasteiger partial charge is 0.0451 e. The molecule has 0 bridgehead atoms.